The van der Waals surface area contributed by atoms with E-state index in [0.717, 1.165) is 100 Å². The Hall–Kier alpha value is -1.78. The molecule has 0 heterocycles. The molecule has 0 amide bonds. The molecule has 2 aromatic rings. The van der Waals surface area contributed by atoms with Gasteiger partial charge in [0.2, 0.25) is 0 Å². The van der Waals surface area contributed by atoms with Gasteiger partial charge in [-0.1, -0.05) is 211 Å². The van der Waals surface area contributed by atoms with Crippen molar-refractivity contribution in [1.82, 2.24) is 4.90 Å². The summed E-state index contributed by atoms with van der Waals surface area (Å²) in [6, 6.07) is 22.7. The van der Waals surface area contributed by atoms with Crippen molar-refractivity contribution >= 4 is 54.2 Å². The number of benzene rings is 2. The lowest BCUT2D eigenvalue weighted by atomic mass is 10.0. The minimum absolute atomic E-state index is 0.0116. The van der Waals surface area contributed by atoms with Crippen LogP contribution in [-0.4, -0.2) is 86.6 Å². The number of hydrogen-bond donors (Lipinski definition) is 0. The molecule has 0 N–H and O–H groups in total. The molecule has 0 bridgehead atoms. The van der Waals surface area contributed by atoms with Gasteiger partial charge in [0.05, 0.1) is 11.8 Å². The Morgan fingerprint density at radius 2 is 0.959 bits per heavy atom. The number of esters is 2. The van der Waals surface area contributed by atoms with E-state index >= 15 is 0 Å². The number of hydrogen-bond acceptors (Lipinski definition) is 8. The number of ether oxygens (including phenoxy) is 2. The number of rotatable bonds is 39. The second-order valence-electron chi connectivity index (χ2n) is 23.4. The SMILES string of the molecule is CCCCCCC(CSCCCCCC(CCCCCSCC(CCCCCC)OC(=O)C1CCCCCC1)N(C)CCCCO[Si](c1ccccc1)(c1ccccc1)C(C)(C)C)OC(=O)C1CCCCCC1. The molecule has 4 rings (SSSR count). The normalized spacial score (nSPS) is 16.7. The van der Waals surface area contributed by atoms with Gasteiger partial charge in [0.25, 0.3) is 8.32 Å². The highest BCUT2D eigenvalue weighted by Crippen LogP contribution is 2.37. The first-order chi connectivity index (χ1) is 35.6. The highest BCUT2D eigenvalue weighted by atomic mass is 32.2. The van der Waals surface area contributed by atoms with Crippen molar-refractivity contribution in [2.24, 2.45) is 11.8 Å². The van der Waals surface area contributed by atoms with Gasteiger partial charge < -0.3 is 18.8 Å². The second kappa shape index (κ2) is 38.7. The molecular weight excluding hydrogens is 955 g/mol. The Kier molecular flexibility index (Phi) is 33.8. The number of nitrogens with zero attached hydrogens (tertiary/aromatic N) is 1. The number of unbranched alkanes of at least 4 members (excludes halogenated alkanes) is 11. The zero-order valence-corrected chi connectivity index (χ0v) is 50.5. The number of thioether (sulfide) groups is 2. The predicted octanol–water partition coefficient (Wildman–Crippen LogP) is 16.9. The molecule has 0 spiro atoms. The van der Waals surface area contributed by atoms with Crippen molar-refractivity contribution in [3.05, 3.63) is 60.7 Å². The molecule has 2 aromatic carbocycles. The van der Waals surface area contributed by atoms with E-state index in [-0.39, 0.29) is 41.0 Å². The maximum Gasteiger partial charge on any atom is 0.309 e. The van der Waals surface area contributed by atoms with Crippen molar-refractivity contribution in [2.45, 2.75) is 263 Å². The van der Waals surface area contributed by atoms with E-state index in [9.17, 15) is 9.59 Å². The fraction of sp³-hybridized carbons (Fsp3) is 0.781. The highest BCUT2D eigenvalue weighted by Gasteiger charge is 2.50. The quantitative estimate of drug-likeness (QED) is 0.0284. The summed E-state index contributed by atoms with van der Waals surface area (Å²) in [5.74, 6) is 4.60. The molecule has 0 aromatic heterocycles. The van der Waals surface area contributed by atoms with Gasteiger partial charge in [-0.05, 0) is 130 Å². The van der Waals surface area contributed by atoms with Gasteiger partial charge in [0.15, 0.2) is 0 Å². The second-order valence-corrected chi connectivity index (χ2v) is 30.0. The van der Waals surface area contributed by atoms with E-state index in [2.05, 4.69) is 107 Å². The molecule has 6 nitrogen and oxygen atoms in total. The molecule has 2 saturated carbocycles. The standard InChI is InChI=1S/C64H109NO5S2Si/c1-7-9-11-27-43-58(69-62(66)55-37-21-13-14-22-38-55)53-71-51-35-19-25-41-57(42-26-20-36-52-72-54-59(44-28-12-10-8-2)70-63(67)56-39-23-15-16-24-40-56)65(6)49-33-34-50-68-73(64(3,4)5,60-45-29-17-30-46-60)61-47-31-18-32-48-61/h17-18,29-32,45-48,55-59H,7-16,19-28,33-44,49-54H2,1-6H3. The van der Waals surface area contributed by atoms with E-state index in [1.54, 1.807) is 0 Å². The monoisotopic (exact) mass is 1060 g/mol. The van der Waals surface area contributed by atoms with Crippen LogP contribution in [0.3, 0.4) is 0 Å². The van der Waals surface area contributed by atoms with E-state index < -0.39 is 8.32 Å². The molecule has 416 valence electrons. The summed E-state index contributed by atoms with van der Waals surface area (Å²) in [6.07, 6.45) is 37.9. The van der Waals surface area contributed by atoms with Crippen molar-refractivity contribution in [3.63, 3.8) is 0 Å². The summed E-state index contributed by atoms with van der Waals surface area (Å²) in [5, 5.41) is 2.70. The summed E-state index contributed by atoms with van der Waals surface area (Å²) in [4.78, 5) is 29.2. The van der Waals surface area contributed by atoms with Crippen molar-refractivity contribution in [3.8, 4) is 0 Å². The molecule has 2 atom stereocenters. The largest absolute Gasteiger partial charge is 0.461 e. The average molecular weight is 1060 g/mol. The summed E-state index contributed by atoms with van der Waals surface area (Å²) >= 11 is 4.03. The summed E-state index contributed by atoms with van der Waals surface area (Å²) in [6.45, 7) is 13.5. The van der Waals surface area contributed by atoms with Crippen LogP contribution in [0.1, 0.15) is 240 Å². The molecule has 2 aliphatic carbocycles. The highest BCUT2D eigenvalue weighted by molar-refractivity contribution is 7.99. The van der Waals surface area contributed by atoms with Crippen LogP contribution in [0.25, 0.3) is 0 Å². The van der Waals surface area contributed by atoms with Gasteiger partial charge >= 0.3 is 11.9 Å². The van der Waals surface area contributed by atoms with Crippen LogP contribution < -0.4 is 10.4 Å². The van der Waals surface area contributed by atoms with Gasteiger partial charge in [-0.3, -0.25) is 9.59 Å². The fourth-order valence-electron chi connectivity index (χ4n) is 11.7. The molecule has 0 aliphatic heterocycles. The smallest absolute Gasteiger partial charge is 0.309 e. The minimum Gasteiger partial charge on any atom is -0.461 e. The molecule has 2 aliphatic rings. The molecule has 73 heavy (non-hydrogen) atoms. The van der Waals surface area contributed by atoms with E-state index in [4.69, 9.17) is 13.9 Å². The lowest BCUT2D eigenvalue weighted by Gasteiger charge is -2.43. The summed E-state index contributed by atoms with van der Waals surface area (Å²) < 4.78 is 19.8. The Morgan fingerprint density at radius 1 is 0.548 bits per heavy atom. The van der Waals surface area contributed by atoms with E-state index in [1.165, 1.54) is 152 Å². The molecular formula is C64H109NO5S2Si. The third-order valence-corrected chi connectivity index (χ3v) is 23.6. The number of carbonyl (C=O) groups is 2. The third kappa shape index (κ3) is 25.0. The van der Waals surface area contributed by atoms with Crippen LogP contribution in [0.5, 0.6) is 0 Å². The van der Waals surface area contributed by atoms with Crippen LogP contribution >= 0.6 is 23.5 Å². The fourth-order valence-corrected chi connectivity index (χ4v) is 18.4. The molecule has 2 fully saturated rings. The predicted molar refractivity (Wildman–Crippen MR) is 320 cm³/mol. The van der Waals surface area contributed by atoms with Crippen LogP contribution in [0.2, 0.25) is 5.04 Å². The number of carbonyl (C=O) groups excluding carboxylic acids is 2. The Bertz CT molecular complexity index is 1560. The first kappa shape index (κ1) is 63.7. The van der Waals surface area contributed by atoms with Gasteiger partial charge in [-0.2, -0.15) is 23.5 Å². The lowest BCUT2D eigenvalue weighted by molar-refractivity contribution is -0.154. The Morgan fingerprint density at radius 3 is 1.37 bits per heavy atom. The molecule has 2 unspecified atom stereocenters. The topological polar surface area (TPSA) is 65.1 Å². The summed E-state index contributed by atoms with van der Waals surface area (Å²) in [5.41, 5.74) is 0. The van der Waals surface area contributed by atoms with Crippen molar-refractivity contribution < 1.29 is 23.5 Å². The van der Waals surface area contributed by atoms with Crippen LogP contribution in [-0.2, 0) is 23.5 Å². The average Bonchev–Trinajstić information content (AvgIpc) is 3.86. The zero-order valence-electron chi connectivity index (χ0n) is 47.8. The molecule has 9 heteroatoms. The van der Waals surface area contributed by atoms with Crippen LogP contribution in [0.4, 0.5) is 0 Å². The zero-order chi connectivity index (χ0) is 52.3. The molecule has 0 radical (unpaired) electrons. The lowest BCUT2D eigenvalue weighted by Crippen LogP contribution is -2.66. The maximum atomic E-state index is 13.3. The van der Waals surface area contributed by atoms with Crippen LogP contribution in [0.15, 0.2) is 60.7 Å². The van der Waals surface area contributed by atoms with Gasteiger partial charge in [-0.25, -0.2) is 0 Å². The van der Waals surface area contributed by atoms with E-state index in [1.807, 2.05) is 23.5 Å². The Balaban J connectivity index is 1.27. The Labute approximate surface area is 459 Å². The van der Waals surface area contributed by atoms with Crippen molar-refractivity contribution in [1.29, 1.82) is 0 Å². The minimum atomic E-state index is -2.54. The van der Waals surface area contributed by atoms with Gasteiger partial charge in [-0.15, -0.1) is 0 Å². The maximum absolute atomic E-state index is 13.3. The third-order valence-electron chi connectivity index (χ3n) is 16.2. The van der Waals surface area contributed by atoms with Gasteiger partial charge in [0.1, 0.15) is 12.2 Å². The van der Waals surface area contributed by atoms with Gasteiger partial charge in [0, 0.05) is 24.2 Å². The summed E-state index contributed by atoms with van der Waals surface area (Å²) in [7, 11) is -0.155. The molecule has 0 saturated heterocycles. The first-order valence-corrected chi connectivity index (χ1v) is 34.8. The first-order valence-electron chi connectivity index (χ1n) is 30.6. The van der Waals surface area contributed by atoms with E-state index in [0.29, 0.717) is 6.04 Å². The van der Waals surface area contributed by atoms with Crippen LogP contribution in [0, 0.1) is 11.8 Å². The van der Waals surface area contributed by atoms with Crippen molar-refractivity contribution in [2.75, 3.05) is 43.2 Å².